The fourth-order valence-electron chi connectivity index (χ4n) is 1.35. The highest BCUT2D eigenvalue weighted by molar-refractivity contribution is 6.67. The van der Waals surface area contributed by atoms with Crippen LogP contribution in [0.1, 0.15) is 40.1 Å². The molecular formula is C11H11ClO2. The van der Waals surface area contributed by atoms with Gasteiger partial charge in [0.05, 0.1) is 0 Å². The molecule has 0 spiro atoms. The molecule has 0 fully saturated rings. The first-order valence-corrected chi connectivity index (χ1v) is 4.77. The summed E-state index contributed by atoms with van der Waals surface area (Å²) in [5.41, 5.74) is 1.96. The van der Waals surface area contributed by atoms with Crippen LogP contribution in [-0.2, 0) is 6.42 Å². The van der Waals surface area contributed by atoms with Crippen molar-refractivity contribution >= 4 is 22.6 Å². The van der Waals surface area contributed by atoms with Gasteiger partial charge in [-0.3, -0.25) is 9.59 Å². The predicted molar refractivity (Wildman–Crippen MR) is 56.0 cm³/mol. The van der Waals surface area contributed by atoms with Crippen molar-refractivity contribution < 1.29 is 9.59 Å². The Labute approximate surface area is 87.9 Å². The average Bonchev–Trinajstić information content (AvgIpc) is 2.16. The number of ketones is 1. The highest BCUT2D eigenvalue weighted by Crippen LogP contribution is 2.15. The number of aryl methyl sites for hydroxylation is 1. The van der Waals surface area contributed by atoms with Crippen molar-refractivity contribution in [2.45, 2.75) is 20.3 Å². The summed E-state index contributed by atoms with van der Waals surface area (Å²) in [6.07, 6.45) is 0.715. The average molecular weight is 211 g/mol. The molecule has 0 atom stereocenters. The summed E-state index contributed by atoms with van der Waals surface area (Å²) >= 11 is 5.34. The highest BCUT2D eigenvalue weighted by atomic mass is 35.5. The van der Waals surface area contributed by atoms with Gasteiger partial charge in [-0.2, -0.15) is 0 Å². The predicted octanol–water partition coefficient (Wildman–Crippen LogP) is 2.83. The van der Waals surface area contributed by atoms with Gasteiger partial charge >= 0.3 is 0 Å². The van der Waals surface area contributed by atoms with Gasteiger partial charge in [-0.05, 0) is 42.6 Å². The molecule has 74 valence electrons. The van der Waals surface area contributed by atoms with Crippen LogP contribution in [0.4, 0.5) is 0 Å². The van der Waals surface area contributed by atoms with Gasteiger partial charge in [-0.25, -0.2) is 0 Å². The van der Waals surface area contributed by atoms with Gasteiger partial charge in [0.2, 0.25) is 0 Å². The molecule has 3 heteroatoms. The van der Waals surface area contributed by atoms with E-state index in [9.17, 15) is 9.59 Å². The first kappa shape index (κ1) is 10.9. The summed E-state index contributed by atoms with van der Waals surface area (Å²) < 4.78 is 0. The zero-order valence-electron chi connectivity index (χ0n) is 8.13. The van der Waals surface area contributed by atoms with Crippen LogP contribution in [0.2, 0.25) is 0 Å². The fraction of sp³-hybridized carbons (Fsp3) is 0.273. The summed E-state index contributed by atoms with van der Waals surface area (Å²) in [5.74, 6) is 0.00965. The number of hydrogen-bond donors (Lipinski definition) is 0. The molecular weight excluding hydrogens is 200 g/mol. The zero-order valence-corrected chi connectivity index (χ0v) is 8.89. The highest BCUT2D eigenvalue weighted by Gasteiger charge is 2.09. The van der Waals surface area contributed by atoms with Crippen LogP contribution in [0.5, 0.6) is 0 Å². The Morgan fingerprint density at radius 1 is 1.36 bits per heavy atom. The minimum atomic E-state index is -0.491. The molecule has 0 saturated carbocycles. The van der Waals surface area contributed by atoms with Gasteiger partial charge in [-0.1, -0.05) is 13.0 Å². The molecule has 0 unspecified atom stereocenters. The van der Waals surface area contributed by atoms with E-state index < -0.39 is 5.24 Å². The third kappa shape index (κ3) is 2.20. The Morgan fingerprint density at radius 3 is 2.43 bits per heavy atom. The topological polar surface area (TPSA) is 34.1 Å². The SMILES string of the molecule is CCc1cc(C(=O)Cl)ccc1C(C)=O. The molecule has 0 aromatic heterocycles. The molecule has 0 radical (unpaired) electrons. The Kier molecular flexibility index (Phi) is 3.42. The van der Waals surface area contributed by atoms with E-state index in [-0.39, 0.29) is 5.78 Å². The van der Waals surface area contributed by atoms with Crippen LogP contribution in [0.3, 0.4) is 0 Å². The number of halogens is 1. The first-order chi connectivity index (χ1) is 6.56. The van der Waals surface area contributed by atoms with Crippen LogP contribution in [0.25, 0.3) is 0 Å². The maximum atomic E-state index is 11.2. The van der Waals surface area contributed by atoms with Gasteiger partial charge in [0.1, 0.15) is 0 Å². The lowest BCUT2D eigenvalue weighted by molar-refractivity contribution is 0.101. The van der Waals surface area contributed by atoms with E-state index in [1.807, 2.05) is 6.92 Å². The van der Waals surface area contributed by atoms with Crippen molar-refractivity contribution in [3.05, 3.63) is 34.9 Å². The quantitative estimate of drug-likeness (QED) is 0.568. The number of Topliss-reactive ketones (excluding diaryl/α,β-unsaturated/α-hetero) is 1. The second-order valence-electron chi connectivity index (χ2n) is 3.06. The van der Waals surface area contributed by atoms with E-state index in [1.165, 1.54) is 6.92 Å². The lowest BCUT2D eigenvalue weighted by Crippen LogP contribution is -2.01. The monoisotopic (exact) mass is 210 g/mol. The molecule has 0 amide bonds. The minimum Gasteiger partial charge on any atom is -0.295 e. The van der Waals surface area contributed by atoms with Crippen molar-refractivity contribution in [3.63, 3.8) is 0 Å². The zero-order chi connectivity index (χ0) is 10.7. The van der Waals surface area contributed by atoms with Gasteiger partial charge in [-0.15, -0.1) is 0 Å². The summed E-state index contributed by atoms with van der Waals surface area (Å²) in [6, 6.07) is 4.90. The third-order valence-electron chi connectivity index (χ3n) is 2.09. The molecule has 0 aliphatic carbocycles. The molecule has 1 rings (SSSR count). The Bertz CT molecular complexity index is 383. The summed E-state index contributed by atoms with van der Waals surface area (Å²) in [6.45, 7) is 3.45. The maximum Gasteiger partial charge on any atom is 0.252 e. The molecule has 0 heterocycles. The van der Waals surface area contributed by atoms with Crippen molar-refractivity contribution in [2.75, 3.05) is 0 Å². The summed E-state index contributed by atoms with van der Waals surface area (Å²) in [7, 11) is 0. The van der Waals surface area contributed by atoms with E-state index in [2.05, 4.69) is 0 Å². The number of carbonyl (C=O) groups excluding carboxylic acids is 2. The first-order valence-electron chi connectivity index (χ1n) is 4.40. The molecule has 0 aliphatic heterocycles. The third-order valence-corrected chi connectivity index (χ3v) is 2.31. The van der Waals surface area contributed by atoms with Gasteiger partial charge in [0.15, 0.2) is 5.78 Å². The van der Waals surface area contributed by atoms with Crippen LogP contribution in [-0.4, -0.2) is 11.0 Å². The lowest BCUT2D eigenvalue weighted by atomic mass is 10.00. The molecule has 0 aliphatic rings. The maximum absolute atomic E-state index is 11.2. The van der Waals surface area contributed by atoms with Crippen LogP contribution < -0.4 is 0 Å². The summed E-state index contributed by atoms with van der Waals surface area (Å²) in [5, 5.41) is -0.491. The Morgan fingerprint density at radius 2 is 2.00 bits per heavy atom. The van der Waals surface area contributed by atoms with Crippen LogP contribution in [0.15, 0.2) is 18.2 Å². The number of carbonyl (C=O) groups is 2. The normalized spacial score (nSPS) is 9.93. The molecule has 0 saturated heterocycles. The van der Waals surface area contributed by atoms with Gasteiger partial charge in [0.25, 0.3) is 5.24 Å². The van der Waals surface area contributed by atoms with Gasteiger partial charge < -0.3 is 0 Å². The number of benzene rings is 1. The van der Waals surface area contributed by atoms with Crippen molar-refractivity contribution in [1.29, 1.82) is 0 Å². The number of hydrogen-bond acceptors (Lipinski definition) is 2. The Hall–Kier alpha value is -1.15. The second-order valence-corrected chi connectivity index (χ2v) is 3.40. The second kappa shape index (κ2) is 4.38. The number of rotatable bonds is 3. The summed E-state index contributed by atoms with van der Waals surface area (Å²) in [4.78, 5) is 22.1. The van der Waals surface area contributed by atoms with Crippen molar-refractivity contribution in [1.82, 2.24) is 0 Å². The van der Waals surface area contributed by atoms with E-state index in [1.54, 1.807) is 18.2 Å². The lowest BCUT2D eigenvalue weighted by Gasteiger charge is -2.05. The van der Waals surface area contributed by atoms with Crippen LogP contribution >= 0.6 is 11.6 Å². The van der Waals surface area contributed by atoms with Crippen molar-refractivity contribution in [2.24, 2.45) is 0 Å². The van der Waals surface area contributed by atoms with E-state index in [0.29, 0.717) is 17.5 Å². The molecule has 0 bridgehead atoms. The molecule has 14 heavy (non-hydrogen) atoms. The fourth-order valence-corrected chi connectivity index (χ4v) is 1.47. The molecule has 1 aromatic carbocycles. The largest absolute Gasteiger partial charge is 0.295 e. The molecule has 2 nitrogen and oxygen atoms in total. The van der Waals surface area contributed by atoms with Crippen LogP contribution in [0, 0.1) is 0 Å². The van der Waals surface area contributed by atoms with E-state index >= 15 is 0 Å². The van der Waals surface area contributed by atoms with Gasteiger partial charge in [0, 0.05) is 11.1 Å². The minimum absolute atomic E-state index is 0.00965. The Balaban J connectivity index is 3.25. The molecule has 0 N–H and O–H groups in total. The smallest absolute Gasteiger partial charge is 0.252 e. The van der Waals surface area contributed by atoms with E-state index in [0.717, 1.165) is 5.56 Å². The molecule has 1 aromatic rings. The van der Waals surface area contributed by atoms with Crippen molar-refractivity contribution in [3.8, 4) is 0 Å². The standard InChI is InChI=1S/C11H11ClO2/c1-3-8-6-9(11(12)14)4-5-10(8)7(2)13/h4-6H,3H2,1-2H3. The van der Waals surface area contributed by atoms with E-state index in [4.69, 9.17) is 11.6 Å².